The molecule has 0 heterocycles. The van der Waals surface area contributed by atoms with E-state index in [1.807, 2.05) is 0 Å². The lowest BCUT2D eigenvalue weighted by Crippen LogP contribution is -2.28. The molecule has 0 radical (unpaired) electrons. The van der Waals surface area contributed by atoms with Crippen molar-refractivity contribution in [3.63, 3.8) is 0 Å². The molecular weight excluding hydrogens is 374 g/mol. The van der Waals surface area contributed by atoms with Gasteiger partial charge in [0.05, 0.1) is 0 Å². The van der Waals surface area contributed by atoms with Gasteiger partial charge in [-0.25, -0.2) is 0 Å². The molecule has 0 bridgehead atoms. The Morgan fingerprint density at radius 3 is 0.900 bits per heavy atom. The smallest absolute Gasteiger partial charge is 0.0204 e. The van der Waals surface area contributed by atoms with Crippen LogP contribution in [-0.2, 0) is 0 Å². The molecule has 3 aliphatic rings. The Kier molecular flexibility index (Phi) is 8.17. The van der Waals surface area contributed by atoms with E-state index in [1.165, 1.54) is 36.2 Å². The van der Waals surface area contributed by atoms with Crippen molar-refractivity contribution >= 4 is 31.9 Å². The molecule has 0 unspecified atom stereocenters. The van der Waals surface area contributed by atoms with Gasteiger partial charge >= 0.3 is 0 Å². The first kappa shape index (κ1) is 17.5. The summed E-state index contributed by atoms with van der Waals surface area (Å²) in [6, 6.07) is 0. The average Bonchev–Trinajstić information content (AvgIpc) is 2.51. The summed E-state index contributed by atoms with van der Waals surface area (Å²) in [4.78, 5) is 0. The first-order valence-corrected chi connectivity index (χ1v) is 10.8. The average molecular weight is 408 g/mol. The summed E-state index contributed by atoms with van der Waals surface area (Å²) >= 11 is 0. The molecule has 0 nitrogen and oxygen atoms in total. The van der Waals surface area contributed by atoms with Gasteiger partial charge in [0.15, 0.2) is 0 Å². The zero-order valence-electron chi connectivity index (χ0n) is 13.2. The van der Waals surface area contributed by atoms with E-state index in [1.54, 1.807) is 77.0 Å². The fourth-order valence-corrected chi connectivity index (χ4v) is 9.71. The fourth-order valence-electron chi connectivity index (χ4n) is 5.03. The van der Waals surface area contributed by atoms with E-state index in [0.29, 0.717) is 7.92 Å². The van der Waals surface area contributed by atoms with Crippen LogP contribution in [0.15, 0.2) is 0 Å². The summed E-state index contributed by atoms with van der Waals surface area (Å²) in [7, 11) is 0.385. The molecule has 0 saturated heterocycles. The van der Waals surface area contributed by atoms with E-state index < -0.39 is 0 Å². The van der Waals surface area contributed by atoms with Crippen molar-refractivity contribution in [3.05, 3.63) is 0 Å². The molecule has 3 rings (SSSR count). The summed E-state index contributed by atoms with van der Waals surface area (Å²) in [5, 5.41) is 0. The first-order valence-electron chi connectivity index (χ1n) is 9.22. The first-order chi connectivity index (χ1) is 9.45. The van der Waals surface area contributed by atoms with E-state index in [0.717, 1.165) is 0 Å². The van der Waals surface area contributed by atoms with E-state index in [2.05, 4.69) is 0 Å². The second kappa shape index (κ2) is 9.33. The summed E-state index contributed by atoms with van der Waals surface area (Å²) in [5.41, 5.74) is 3.57. The minimum atomic E-state index is 0. The lowest BCUT2D eigenvalue weighted by Gasteiger charge is -2.44. The van der Waals surface area contributed by atoms with Crippen LogP contribution in [0.25, 0.3) is 0 Å². The van der Waals surface area contributed by atoms with Crippen molar-refractivity contribution in [1.29, 1.82) is 0 Å². The maximum Gasteiger partial charge on any atom is -0.0204 e. The van der Waals surface area contributed by atoms with Crippen molar-refractivity contribution in [2.75, 3.05) is 0 Å². The Hall–Kier alpha value is 1.16. The number of halogens is 1. The molecule has 2 heteroatoms. The normalized spacial score (nSPS) is 27.4. The SMILES string of the molecule is C1CCC(P(C2CCCCC2)C2CCCCC2)CC1.I. The standard InChI is InChI=1S/C18H33P.HI/c1-4-10-16(11-5-1)19(17-12-6-2-7-13-17)18-14-8-3-9-15-18;/h16-18H,1-15H2;1H. The lowest BCUT2D eigenvalue weighted by molar-refractivity contribution is 0.460. The largest absolute Gasteiger partial charge is 0.107 e. The van der Waals surface area contributed by atoms with E-state index in [-0.39, 0.29) is 24.0 Å². The Balaban J connectivity index is 0.00000147. The van der Waals surface area contributed by atoms with Gasteiger partial charge in [0.1, 0.15) is 0 Å². The maximum absolute atomic E-state index is 1.61. The predicted molar refractivity (Wildman–Crippen MR) is 103 cm³/mol. The topological polar surface area (TPSA) is 0 Å². The highest BCUT2D eigenvalue weighted by Gasteiger charge is 2.36. The van der Waals surface area contributed by atoms with Crippen LogP contribution in [0.3, 0.4) is 0 Å². The van der Waals surface area contributed by atoms with Gasteiger partial charge in [-0.1, -0.05) is 65.7 Å². The van der Waals surface area contributed by atoms with Crippen molar-refractivity contribution in [1.82, 2.24) is 0 Å². The zero-order valence-corrected chi connectivity index (χ0v) is 16.4. The molecule has 0 aliphatic heterocycles. The third-order valence-electron chi connectivity index (χ3n) is 5.99. The summed E-state index contributed by atoms with van der Waals surface area (Å²) in [6.45, 7) is 0. The molecule has 0 atom stereocenters. The minimum Gasteiger partial charge on any atom is -0.107 e. The van der Waals surface area contributed by atoms with Gasteiger partial charge in [0, 0.05) is 0 Å². The molecule has 0 aromatic rings. The molecule has 0 aromatic carbocycles. The highest BCUT2D eigenvalue weighted by atomic mass is 127. The lowest BCUT2D eigenvalue weighted by atomic mass is 9.99. The zero-order chi connectivity index (χ0) is 12.9. The van der Waals surface area contributed by atoms with E-state index >= 15 is 0 Å². The summed E-state index contributed by atoms with van der Waals surface area (Å²) < 4.78 is 0. The molecule has 0 N–H and O–H groups in total. The quantitative estimate of drug-likeness (QED) is 0.346. The molecule has 0 aromatic heterocycles. The molecule has 0 amide bonds. The Labute approximate surface area is 145 Å². The van der Waals surface area contributed by atoms with Gasteiger partial charge in [-0.05, 0) is 55.5 Å². The Bertz CT molecular complexity index is 207. The number of rotatable bonds is 3. The number of hydrogen-bond acceptors (Lipinski definition) is 0. The van der Waals surface area contributed by atoms with Crippen LogP contribution in [0, 0.1) is 0 Å². The highest BCUT2D eigenvalue weighted by molar-refractivity contribution is 14.0. The summed E-state index contributed by atoms with van der Waals surface area (Å²) in [5.74, 6) is 0. The Morgan fingerprint density at radius 1 is 0.400 bits per heavy atom. The van der Waals surface area contributed by atoms with E-state index in [9.17, 15) is 0 Å². The van der Waals surface area contributed by atoms with Crippen LogP contribution < -0.4 is 0 Å². The fraction of sp³-hybridized carbons (Fsp3) is 1.00. The second-order valence-electron chi connectivity index (χ2n) is 7.32. The third-order valence-corrected chi connectivity index (χ3v) is 10.1. The van der Waals surface area contributed by atoms with Crippen LogP contribution in [0.4, 0.5) is 0 Å². The van der Waals surface area contributed by atoms with Crippen molar-refractivity contribution in [2.24, 2.45) is 0 Å². The van der Waals surface area contributed by atoms with Crippen LogP contribution in [0.2, 0.25) is 0 Å². The third kappa shape index (κ3) is 4.58. The Morgan fingerprint density at radius 2 is 0.650 bits per heavy atom. The molecule has 20 heavy (non-hydrogen) atoms. The van der Waals surface area contributed by atoms with Crippen LogP contribution >= 0.6 is 31.9 Å². The predicted octanol–water partition coefficient (Wildman–Crippen LogP) is 7.08. The van der Waals surface area contributed by atoms with Crippen molar-refractivity contribution in [3.8, 4) is 0 Å². The van der Waals surface area contributed by atoms with Gasteiger partial charge in [-0.15, -0.1) is 24.0 Å². The molecule has 3 saturated carbocycles. The maximum atomic E-state index is 1.61. The number of hydrogen-bond donors (Lipinski definition) is 0. The van der Waals surface area contributed by atoms with Gasteiger partial charge in [-0.2, -0.15) is 0 Å². The van der Waals surface area contributed by atoms with Crippen LogP contribution in [0.5, 0.6) is 0 Å². The van der Waals surface area contributed by atoms with Gasteiger partial charge in [-0.3, -0.25) is 0 Å². The van der Waals surface area contributed by atoms with Crippen LogP contribution in [0.1, 0.15) is 96.3 Å². The molecule has 118 valence electrons. The van der Waals surface area contributed by atoms with Gasteiger partial charge in [0.25, 0.3) is 0 Å². The molecule has 0 spiro atoms. The van der Waals surface area contributed by atoms with E-state index in [4.69, 9.17) is 0 Å². The van der Waals surface area contributed by atoms with Gasteiger partial charge in [0.2, 0.25) is 0 Å². The van der Waals surface area contributed by atoms with Crippen molar-refractivity contribution < 1.29 is 0 Å². The highest BCUT2D eigenvalue weighted by Crippen LogP contribution is 2.61. The molecular formula is C18H34IP. The summed E-state index contributed by atoms with van der Waals surface area (Å²) in [6.07, 6.45) is 23.6. The second-order valence-corrected chi connectivity index (χ2v) is 10.4. The molecule has 3 aliphatic carbocycles. The monoisotopic (exact) mass is 408 g/mol. The van der Waals surface area contributed by atoms with Crippen molar-refractivity contribution in [2.45, 2.75) is 113 Å². The molecule has 3 fully saturated rings. The van der Waals surface area contributed by atoms with Gasteiger partial charge < -0.3 is 0 Å². The van der Waals surface area contributed by atoms with Crippen LogP contribution in [-0.4, -0.2) is 17.0 Å². The minimum absolute atomic E-state index is 0.